The topological polar surface area (TPSA) is 25.8 Å². The van der Waals surface area contributed by atoms with Crippen LogP contribution in [-0.2, 0) is 11.8 Å². The molecule has 0 N–H and O–H groups in total. The van der Waals surface area contributed by atoms with Gasteiger partial charge in [-0.15, -0.1) is 0 Å². The van der Waals surface area contributed by atoms with E-state index >= 15 is 0 Å². The Bertz CT molecular complexity index is 692. The van der Waals surface area contributed by atoms with Crippen LogP contribution in [0.25, 0.3) is 0 Å². The fourth-order valence-electron chi connectivity index (χ4n) is 2.91. The number of hydrogen-bond acceptors (Lipinski definition) is 2. The highest BCUT2D eigenvalue weighted by Crippen LogP contribution is 2.38. The van der Waals surface area contributed by atoms with E-state index in [1.165, 1.54) is 11.1 Å². The van der Waals surface area contributed by atoms with Crippen molar-refractivity contribution in [2.45, 2.75) is 44.9 Å². The molecule has 0 fully saturated rings. The quantitative estimate of drug-likeness (QED) is 0.480. The molecular formula is C17H18ClIN2. The predicted molar refractivity (Wildman–Crippen MR) is 95.1 cm³/mol. The summed E-state index contributed by atoms with van der Waals surface area (Å²) in [4.78, 5) is 9.46. The molecule has 1 heterocycles. The highest BCUT2D eigenvalue weighted by molar-refractivity contribution is 14.1. The van der Waals surface area contributed by atoms with E-state index in [1.54, 1.807) is 0 Å². The summed E-state index contributed by atoms with van der Waals surface area (Å²) in [5.41, 5.74) is 3.78. The summed E-state index contributed by atoms with van der Waals surface area (Å²) >= 11 is 8.63. The van der Waals surface area contributed by atoms with Crippen LogP contribution in [0.15, 0.2) is 24.3 Å². The molecule has 21 heavy (non-hydrogen) atoms. The van der Waals surface area contributed by atoms with Crippen molar-refractivity contribution in [3.05, 3.63) is 55.6 Å². The molecule has 4 heteroatoms. The lowest BCUT2D eigenvalue weighted by Gasteiger charge is -2.22. The van der Waals surface area contributed by atoms with Crippen LogP contribution >= 0.6 is 34.2 Å². The van der Waals surface area contributed by atoms with Crippen LogP contribution < -0.4 is 0 Å². The van der Waals surface area contributed by atoms with E-state index < -0.39 is 0 Å². The SMILES string of the molecule is CC(C)(C)c1nc(C2CCc3ccccc32)nc(Cl)c1I. The number of nitrogens with zero attached hydrogens (tertiary/aromatic N) is 2. The lowest BCUT2D eigenvalue weighted by atomic mass is 9.91. The summed E-state index contributed by atoms with van der Waals surface area (Å²) in [5, 5.41) is 0.579. The zero-order chi connectivity index (χ0) is 15.2. The van der Waals surface area contributed by atoms with Crippen molar-refractivity contribution in [2.24, 2.45) is 0 Å². The molecule has 0 saturated carbocycles. The summed E-state index contributed by atoms with van der Waals surface area (Å²) in [7, 11) is 0. The van der Waals surface area contributed by atoms with Gasteiger partial charge in [0.15, 0.2) is 0 Å². The van der Waals surface area contributed by atoms with E-state index in [-0.39, 0.29) is 11.3 Å². The van der Waals surface area contributed by atoms with E-state index in [0.717, 1.165) is 27.9 Å². The average molecular weight is 413 g/mol. The molecule has 0 aliphatic heterocycles. The molecule has 1 aromatic heterocycles. The lowest BCUT2D eigenvalue weighted by molar-refractivity contribution is 0.553. The van der Waals surface area contributed by atoms with Gasteiger partial charge in [0.2, 0.25) is 0 Å². The maximum Gasteiger partial charge on any atom is 0.146 e. The third kappa shape index (κ3) is 2.82. The van der Waals surface area contributed by atoms with E-state index in [4.69, 9.17) is 16.6 Å². The summed E-state index contributed by atoms with van der Waals surface area (Å²) < 4.78 is 0.969. The Morgan fingerprint density at radius 3 is 2.62 bits per heavy atom. The number of benzene rings is 1. The summed E-state index contributed by atoms with van der Waals surface area (Å²) in [6.45, 7) is 6.50. The van der Waals surface area contributed by atoms with Gasteiger partial charge in [0.05, 0.1) is 9.26 Å². The van der Waals surface area contributed by atoms with Crippen LogP contribution in [0.2, 0.25) is 5.15 Å². The molecule has 1 aliphatic rings. The third-order valence-electron chi connectivity index (χ3n) is 3.98. The molecular weight excluding hydrogens is 395 g/mol. The zero-order valence-corrected chi connectivity index (χ0v) is 15.4. The van der Waals surface area contributed by atoms with Crippen LogP contribution in [-0.4, -0.2) is 9.97 Å². The number of aromatic nitrogens is 2. The average Bonchev–Trinajstić information content (AvgIpc) is 2.84. The molecule has 0 amide bonds. The Kier molecular flexibility index (Phi) is 3.99. The van der Waals surface area contributed by atoms with Crippen molar-refractivity contribution < 1.29 is 0 Å². The molecule has 1 unspecified atom stereocenters. The first-order valence-corrected chi connectivity index (χ1v) is 8.65. The monoisotopic (exact) mass is 412 g/mol. The van der Waals surface area contributed by atoms with Gasteiger partial charge in [-0.1, -0.05) is 56.6 Å². The molecule has 1 aliphatic carbocycles. The normalized spacial score (nSPS) is 17.9. The summed E-state index contributed by atoms with van der Waals surface area (Å²) in [6, 6.07) is 8.59. The smallest absolute Gasteiger partial charge is 0.146 e. The molecule has 0 spiro atoms. The maximum atomic E-state index is 6.37. The molecule has 110 valence electrons. The fourth-order valence-corrected chi connectivity index (χ4v) is 4.14. The van der Waals surface area contributed by atoms with Crippen molar-refractivity contribution in [3.63, 3.8) is 0 Å². The molecule has 2 nitrogen and oxygen atoms in total. The minimum atomic E-state index is -0.0318. The van der Waals surface area contributed by atoms with Gasteiger partial charge in [-0.25, -0.2) is 9.97 Å². The Balaban J connectivity index is 2.11. The van der Waals surface area contributed by atoms with Gasteiger partial charge in [-0.2, -0.15) is 0 Å². The third-order valence-corrected chi connectivity index (χ3v) is 5.60. The first kappa shape index (κ1) is 15.2. The van der Waals surface area contributed by atoms with Crippen molar-refractivity contribution >= 4 is 34.2 Å². The molecule has 2 aromatic rings. The Hall–Kier alpha value is -0.680. The van der Waals surface area contributed by atoms with Crippen molar-refractivity contribution in [2.75, 3.05) is 0 Å². The standard InChI is InChI=1S/C17H18ClIN2/c1-17(2,3)14-13(19)15(18)21-16(20-14)12-9-8-10-6-4-5-7-11(10)12/h4-7,12H,8-9H2,1-3H3. The van der Waals surface area contributed by atoms with Gasteiger partial charge in [0, 0.05) is 11.3 Å². The van der Waals surface area contributed by atoms with Crippen molar-refractivity contribution in [1.29, 1.82) is 0 Å². The van der Waals surface area contributed by atoms with Crippen LogP contribution in [0.5, 0.6) is 0 Å². The second-order valence-corrected chi connectivity index (χ2v) is 8.01. The fraction of sp³-hybridized carbons (Fsp3) is 0.412. The number of rotatable bonds is 1. The van der Waals surface area contributed by atoms with E-state index in [1.807, 2.05) is 0 Å². The van der Waals surface area contributed by atoms with Crippen LogP contribution in [0.3, 0.4) is 0 Å². The second kappa shape index (κ2) is 5.51. The maximum absolute atomic E-state index is 6.37. The highest BCUT2D eigenvalue weighted by Gasteiger charge is 2.29. The van der Waals surface area contributed by atoms with Gasteiger partial charge in [0.25, 0.3) is 0 Å². The molecule has 1 aromatic carbocycles. The molecule has 0 saturated heterocycles. The first-order valence-electron chi connectivity index (χ1n) is 7.19. The van der Waals surface area contributed by atoms with Gasteiger partial charge < -0.3 is 0 Å². The lowest BCUT2D eigenvalue weighted by Crippen LogP contribution is -2.19. The van der Waals surface area contributed by atoms with Crippen molar-refractivity contribution in [1.82, 2.24) is 9.97 Å². The zero-order valence-electron chi connectivity index (χ0n) is 12.5. The number of halogens is 2. The van der Waals surface area contributed by atoms with E-state index in [0.29, 0.717) is 5.15 Å². The van der Waals surface area contributed by atoms with Gasteiger partial charge >= 0.3 is 0 Å². The second-order valence-electron chi connectivity index (χ2n) is 6.58. The van der Waals surface area contributed by atoms with Crippen LogP contribution in [0, 0.1) is 3.57 Å². The summed E-state index contributed by atoms with van der Waals surface area (Å²) in [5.74, 6) is 1.15. The molecule has 1 atom stereocenters. The van der Waals surface area contributed by atoms with Crippen molar-refractivity contribution in [3.8, 4) is 0 Å². The highest BCUT2D eigenvalue weighted by atomic mass is 127. The Labute approximate surface area is 144 Å². The summed E-state index contributed by atoms with van der Waals surface area (Å²) in [6.07, 6.45) is 2.17. The van der Waals surface area contributed by atoms with Crippen LogP contribution in [0.4, 0.5) is 0 Å². The minimum Gasteiger partial charge on any atom is -0.236 e. The minimum absolute atomic E-state index is 0.0318. The number of aryl methyl sites for hydroxylation is 1. The Morgan fingerprint density at radius 2 is 1.90 bits per heavy atom. The molecule has 0 bridgehead atoms. The van der Waals surface area contributed by atoms with Gasteiger partial charge in [-0.05, 0) is 46.6 Å². The van der Waals surface area contributed by atoms with Gasteiger partial charge in [-0.3, -0.25) is 0 Å². The predicted octanol–water partition coefficient (Wildman–Crippen LogP) is 5.11. The number of hydrogen-bond donors (Lipinski definition) is 0. The largest absolute Gasteiger partial charge is 0.236 e. The van der Waals surface area contributed by atoms with E-state index in [2.05, 4.69) is 72.6 Å². The molecule has 0 radical (unpaired) electrons. The van der Waals surface area contributed by atoms with Crippen LogP contribution in [0.1, 0.15) is 55.8 Å². The molecule has 3 rings (SSSR count). The van der Waals surface area contributed by atoms with E-state index in [9.17, 15) is 0 Å². The van der Waals surface area contributed by atoms with Gasteiger partial charge in [0.1, 0.15) is 11.0 Å². The first-order chi connectivity index (χ1) is 9.88. The number of fused-ring (bicyclic) bond motifs is 1. The Morgan fingerprint density at radius 1 is 1.19 bits per heavy atom.